The van der Waals surface area contributed by atoms with Gasteiger partial charge in [0.1, 0.15) is 0 Å². The van der Waals surface area contributed by atoms with Crippen LogP contribution in [0.25, 0.3) is 0 Å². The first-order valence-electron chi connectivity index (χ1n) is 8.24. The molecule has 2 aromatic rings. The van der Waals surface area contributed by atoms with Crippen LogP contribution in [0.3, 0.4) is 0 Å². The number of likely N-dealkylation sites (tertiary alicyclic amines) is 1. The van der Waals surface area contributed by atoms with E-state index < -0.39 is 0 Å². The lowest BCUT2D eigenvalue weighted by molar-refractivity contribution is 0.0408. The van der Waals surface area contributed by atoms with Gasteiger partial charge in [-0.25, -0.2) is 0 Å². The summed E-state index contributed by atoms with van der Waals surface area (Å²) < 4.78 is 6.13. The molecule has 1 aliphatic rings. The van der Waals surface area contributed by atoms with Crippen LogP contribution in [0, 0.1) is 0 Å². The molecule has 1 aliphatic heterocycles. The molecule has 0 bridgehead atoms. The van der Waals surface area contributed by atoms with E-state index >= 15 is 0 Å². The highest BCUT2D eigenvalue weighted by Gasteiger charge is 2.35. The van der Waals surface area contributed by atoms with Gasteiger partial charge in [-0.3, -0.25) is 0 Å². The molecule has 0 spiro atoms. The molecule has 3 heteroatoms. The molecule has 1 fully saturated rings. The van der Waals surface area contributed by atoms with Crippen LogP contribution in [-0.2, 0) is 16.8 Å². The van der Waals surface area contributed by atoms with Gasteiger partial charge in [-0.1, -0.05) is 54.1 Å². The Morgan fingerprint density at radius 3 is 2.48 bits per heavy atom. The Labute approximate surface area is 144 Å². The molecule has 1 heterocycles. The first-order valence-corrected chi connectivity index (χ1v) is 8.62. The summed E-state index contributed by atoms with van der Waals surface area (Å²) in [6.07, 6.45) is 2.22. The van der Waals surface area contributed by atoms with Crippen molar-refractivity contribution in [3.63, 3.8) is 0 Å². The molecule has 0 saturated carbocycles. The Kier molecular flexibility index (Phi) is 5.37. The number of benzene rings is 2. The molecule has 0 N–H and O–H groups in total. The second-order valence-electron chi connectivity index (χ2n) is 6.57. The van der Waals surface area contributed by atoms with E-state index in [1.54, 1.807) is 0 Å². The minimum Gasteiger partial charge on any atom is -0.376 e. The summed E-state index contributed by atoms with van der Waals surface area (Å²) >= 11 is 6.23. The Hall–Kier alpha value is -1.35. The van der Waals surface area contributed by atoms with Crippen LogP contribution in [-0.4, -0.2) is 31.6 Å². The first-order chi connectivity index (χ1) is 11.2. The van der Waals surface area contributed by atoms with E-state index in [0.717, 1.165) is 37.6 Å². The van der Waals surface area contributed by atoms with E-state index in [9.17, 15) is 0 Å². The average molecular weight is 330 g/mol. The minimum atomic E-state index is 0.0756. The number of hydrogen-bond donors (Lipinski definition) is 0. The lowest BCUT2D eigenvalue weighted by Gasteiger charge is -2.41. The summed E-state index contributed by atoms with van der Waals surface area (Å²) in [6.45, 7) is 3.61. The normalized spacial score (nSPS) is 18.0. The molecule has 0 aromatic heterocycles. The van der Waals surface area contributed by atoms with Crippen LogP contribution >= 0.6 is 11.6 Å². The molecule has 3 rings (SSSR count). The molecule has 0 unspecified atom stereocenters. The zero-order chi connectivity index (χ0) is 16.1. The van der Waals surface area contributed by atoms with Crippen molar-refractivity contribution < 1.29 is 4.74 Å². The number of halogens is 1. The van der Waals surface area contributed by atoms with Gasteiger partial charge in [0.2, 0.25) is 0 Å². The number of piperidine rings is 1. The summed E-state index contributed by atoms with van der Waals surface area (Å²) in [7, 11) is 2.19. The summed E-state index contributed by atoms with van der Waals surface area (Å²) in [5.74, 6) is 0. The van der Waals surface area contributed by atoms with Crippen LogP contribution in [0.4, 0.5) is 0 Å². The van der Waals surface area contributed by atoms with Crippen molar-refractivity contribution in [2.75, 3.05) is 26.7 Å². The van der Waals surface area contributed by atoms with Gasteiger partial charge in [0, 0.05) is 10.4 Å². The van der Waals surface area contributed by atoms with E-state index in [4.69, 9.17) is 16.3 Å². The van der Waals surface area contributed by atoms with Crippen molar-refractivity contribution in [2.45, 2.75) is 24.9 Å². The maximum atomic E-state index is 6.23. The van der Waals surface area contributed by atoms with Crippen molar-refractivity contribution in [3.05, 3.63) is 70.7 Å². The lowest BCUT2D eigenvalue weighted by atomic mass is 9.73. The Bertz CT molecular complexity index is 621. The topological polar surface area (TPSA) is 12.5 Å². The third-order valence-corrected chi connectivity index (χ3v) is 5.11. The van der Waals surface area contributed by atoms with Crippen LogP contribution < -0.4 is 0 Å². The Balaban J connectivity index is 1.73. The highest BCUT2D eigenvalue weighted by Crippen LogP contribution is 2.36. The maximum absolute atomic E-state index is 6.23. The number of rotatable bonds is 5. The van der Waals surface area contributed by atoms with Gasteiger partial charge in [-0.05, 0) is 56.2 Å². The highest BCUT2D eigenvalue weighted by atomic mass is 35.5. The Morgan fingerprint density at radius 2 is 1.78 bits per heavy atom. The summed E-state index contributed by atoms with van der Waals surface area (Å²) in [4.78, 5) is 2.39. The molecular weight excluding hydrogens is 306 g/mol. The van der Waals surface area contributed by atoms with Crippen molar-refractivity contribution in [3.8, 4) is 0 Å². The van der Waals surface area contributed by atoms with Crippen molar-refractivity contribution in [1.82, 2.24) is 4.90 Å². The zero-order valence-corrected chi connectivity index (χ0v) is 14.4. The quantitative estimate of drug-likeness (QED) is 0.799. The van der Waals surface area contributed by atoms with Gasteiger partial charge in [0.15, 0.2) is 0 Å². The van der Waals surface area contributed by atoms with E-state index in [1.807, 2.05) is 12.1 Å². The SMILES string of the molecule is CN1CCC(COCc2ccccc2)(c2cccc(Cl)c2)CC1. The van der Waals surface area contributed by atoms with Gasteiger partial charge >= 0.3 is 0 Å². The van der Waals surface area contributed by atoms with Crippen LogP contribution in [0.5, 0.6) is 0 Å². The molecule has 0 amide bonds. The molecule has 122 valence electrons. The second kappa shape index (κ2) is 7.48. The molecule has 0 atom stereocenters. The third-order valence-electron chi connectivity index (χ3n) is 4.87. The van der Waals surface area contributed by atoms with Crippen molar-refractivity contribution in [1.29, 1.82) is 0 Å². The number of hydrogen-bond acceptors (Lipinski definition) is 2. The smallest absolute Gasteiger partial charge is 0.0717 e. The molecule has 2 nitrogen and oxygen atoms in total. The predicted octanol–water partition coefficient (Wildman–Crippen LogP) is 4.52. The van der Waals surface area contributed by atoms with Crippen molar-refractivity contribution >= 4 is 11.6 Å². The third kappa shape index (κ3) is 4.14. The molecule has 0 radical (unpaired) electrons. The molecule has 23 heavy (non-hydrogen) atoms. The fraction of sp³-hybridized carbons (Fsp3) is 0.400. The highest BCUT2D eigenvalue weighted by molar-refractivity contribution is 6.30. The molecule has 1 saturated heterocycles. The van der Waals surface area contributed by atoms with Crippen LogP contribution in [0.2, 0.25) is 5.02 Å². The zero-order valence-electron chi connectivity index (χ0n) is 13.7. The summed E-state index contributed by atoms with van der Waals surface area (Å²) in [5, 5.41) is 0.809. The lowest BCUT2D eigenvalue weighted by Crippen LogP contribution is -2.43. The fourth-order valence-corrected chi connectivity index (χ4v) is 3.51. The Morgan fingerprint density at radius 1 is 1.04 bits per heavy atom. The van der Waals surface area contributed by atoms with Crippen molar-refractivity contribution in [2.24, 2.45) is 0 Å². The first kappa shape index (κ1) is 16.5. The second-order valence-corrected chi connectivity index (χ2v) is 7.01. The maximum Gasteiger partial charge on any atom is 0.0717 e. The van der Waals surface area contributed by atoms with Crippen LogP contribution in [0.15, 0.2) is 54.6 Å². The van der Waals surface area contributed by atoms with E-state index in [2.05, 4.69) is 54.4 Å². The van der Waals surface area contributed by atoms with Gasteiger partial charge < -0.3 is 9.64 Å². The molecular formula is C20H24ClNO. The number of ether oxygens (including phenoxy) is 1. The molecule has 0 aliphatic carbocycles. The summed E-state index contributed by atoms with van der Waals surface area (Å²) in [5.41, 5.74) is 2.61. The summed E-state index contributed by atoms with van der Waals surface area (Å²) in [6, 6.07) is 18.7. The van der Waals surface area contributed by atoms with E-state index in [1.165, 1.54) is 11.1 Å². The van der Waals surface area contributed by atoms with E-state index in [-0.39, 0.29) is 5.41 Å². The number of nitrogens with zero attached hydrogens (tertiary/aromatic N) is 1. The van der Waals surface area contributed by atoms with Gasteiger partial charge in [-0.15, -0.1) is 0 Å². The van der Waals surface area contributed by atoms with E-state index in [0.29, 0.717) is 6.61 Å². The minimum absolute atomic E-state index is 0.0756. The fourth-order valence-electron chi connectivity index (χ4n) is 3.32. The average Bonchev–Trinajstić information content (AvgIpc) is 2.58. The van der Waals surface area contributed by atoms with Crippen LogP contribution in [0.1, 0.15) is 24.0 Å². The predicted molar refractivity (Wildman–Crippen MR) is 96.0 cm³/mol. The van der Waals surface area contributed by atoms with Gasteiger partial charge in [0.25, 0.3) is 0 Å². The van der Waals surface area contributed by atoms with Gasteiger partial charge in [0.05, 0.1) is 13.2 Å². The standard InChI is InChI=1S/C20H24ClNO/c1-22-12-10-20(11-13-22,18-8-5-9-19(21)14-18)16-23-15-17-6-3-2-4-7-17/h2-9,14H,10-13,15-16H2,1H3. The largest absolute Gasteiger partial charge is 0.376 e. The molecule has 2 aromatic carbocycles. The monoisotopic (exact) mass is 329 g/mol. The van der Waals surface area contributed by atoms with Gasteiger partial charge in [-0.2, -0.15) is 0 Å².